The molecule has 0 bridgehead atoms. The summed E-state index contributed by atoms with van der Waals surface area (Å²) >= 11 is 1.47. The molecule has 1 saturated carbocycles. The van der Waals surface area contributed by atoms with Crippen LogP contribution in [-0.2, 0) is 6.54 Å². The normalized spacial score (nSPS) is 13.1. The Hall–Kier alpha value is -3.60. The summed E-state index contributed by atoms with van der Waals surface area (Å²) < 4.78 is 21.4. The van der Waals surface area contributed by atoms with E-state index in [2.05, 4.69) is 25.9 Å². The van der Waals surface area contributed by atoms with Crippen molar-refractivity contribution in [2.24, 2.45) is 0 Å². The first-order valence-electron chi connectivity index (χ1n) is 11.3. The Morgan fingerprint density at radius 3 is 2.77 bits per heavy atom. The van der Waals surface area contributed by atoms with Gasteiger partial charge in [-0.25, -0.2) is 9.18 Å². The number of ether oxygens (including phenoxy) is 1. The van der Waals surface area contributed by atoms with E-state index in [1.165, 1.54) is 23.5 Å². The van der Waals surface area contributed by atoms with E-state index in [4.69, 9.17) is 9.84 Å². The van der Waals surface area contributed by atoms with Gasteiger partial charge < -0.3 is 25.8 Å². The molecule has 3 heterocycles. The number of urea groups is 1. The number of carbonyl (C=O) groups is 1. The van der Waals surface area contributed by atoms with Crippen LogP contribution in [0.5, 0.6) is 11.5 Å². The van der Waals surface area contributed by atoms with Crippen LogP contribution < -0.4 is 20.7 Å². The van der Waals surface area contributed by atoms with E-state index in [1.54, 1.807) is 24.5 Å². The molecule has 0 unspecified atom stereocenters. The van der Waals surface area contributed by atoms with Crippen LogP contribution in [0.4, 0.5) is 14.9 Å². The first kappa shape index (κ1) is 23.2. The molecule has 2 amide bonds. The molecule has 0 aliphatic heterocycles. The van der Waals surface area contributed by atoms with Crippen LogP contribution in [0, 0.1) is 5.82 Å². The maximum Gasteiger partial charge on any atom is 0.319 e. The number of aliphatic hydroxyl groups is 1. The number of thiophene rings is 1. The number of fused-ring (bicyclic) bond motifs is 1. The molecule has 0 radical (unpaired) electrons. The van der Waals surface area contributed by atoms with Crippen LogP contribution in [0.15, 0.2) is 54.9 Å². The molecule has 4 N–H and O–H groups in total. The summed E-state index contributed by atoms with van der Waals surface area (Å²) in [5, 5.41) is 17.4. The fourth-order valence-corrected chi connectivity index (χ4v) is 4.51. The predicted octanol–water partition coefficient (Wildman–Crippen LogP) is 4.66. The van der Waals surface area contributed by atoms with Gasteiger partial charge in [-0.05, 0) is 42.7 Å². The number of carbonyl (C=O) groups excluding carboxylic acids is 1. The molecule has 0 atom stereocenters. The lowest BCUT2D eigenvalue weighted by atomic mass is 10.2. The quantitative estimate of drug-likeness (QED) is 0.253. The molecule has 1 aliphatic rings. The molecule has 10 heteroatoms. The Bertz CT molecular complexity index is 1340. The average Bonchev–Trinajstić information content (AvgIpc) is 3.55. The van der Waals surface area contributed by atoms with Crippen molar-refractivity contribution >= 4 is 33.3 Å². The molecule has 3 aromatic heterocycles. The lowest BCUT2D eigenvalue weighted by molar-refractivity contribution is 0.251. The minimum atomic E-state index is -0.581. The smallest absolute Gasteiger partial charge is 0.319 e. The van der Waals surface area contributed by atoms with E-state index in [9.17, 15) is 9.18 Å². The van der Waals surface area contributed by atoms with E-state index in [1.807, 2.05) is 18.2 Å². The molecule has 0 spiro atoms. The van der Waals surface area contributed by atoms with Crippen molar-refractivity contribution < 1.29 is 19.0 Å². The minimum absolute atomic E-state index is 0.0541. The second-order valence-electron chi connectivity index (χ2n) is 8.21. The van der Waals surface area contributed by atoms with E-state index in [0.717, 1.165) is 39.2 Å². The lowest BCUT2D eigenvalue weighted by Gasteiger charge is -2.10. The second kappa shape index (κ2) is 10.3. The number of aromatic nitrogens is 2. The largest absolute Gasteiger partial charge is 0.453 e. The summed E-state index contributed by atoms with van der Waals surface area (Å²) in [5.41, 5.74) is 2.90. The molecular weight excluding hydrogens is 469 g/mol. The standard InChI is InChI=1S/C25H24FN5O3S/c26-18-11-17(31-25(33)30-16-2-3-16)4-6-21(18)34-22-7-8-28-20-12-23(35-24(20)22)19-5-1-15(14-29-19)13-27-9-10-32/h1,4-8,11-12,14,16,27,32H,2-3,9-10,13H2,(H2,30,31,33). The monoisotopic (exact) mass is 493 g/mol. The van der Waals surface area contributed by atoms with Crippen LogP contribution in [0.2, 0.25) is 0 Å². The predicted molar refractivity (Wildman–Crippen MR) is 133 cm³/mol. The average molecular weight is 494 g/mol. The maximum absolute atomic E-state index is 14.7. The van der Waals surface area contributed by atoms with E-state index in [-0.39, 0.29) is 24.4 Å². The maximum atomic E-state index is 14.7. The van der Waals surface area contributed by atoms with E-state index in [0.29, 0.717) is 24.5 Å². The molecule has 180 valence electrons. The topological polar surface area (TPSA) is 108 Å². The summed E-state index contributed by atoms with van der Waals surface area (Å²) in [6, 6.07) is 11.8. The van der Waals surface area contributed by atoms with Crippen molar-refractivity contribution in [2.75, 3.05) is 18.5 Å². The summed E-state index contributed by atoms with van der Waals surface area (Å²) in [7, 11) is 0. The fraction of sp³-hybridized carbons (Fsp3) is 0.240. The molecule has 1 aliphatic carbocycles. The first-order valence-corrected chi connectivity index (χ1v) is 12.1. The number of anilines is 1. The molecule has 1 aromatic carbocycles. The third-order valence-electron chi connectivity index (χ3n) is 5.39. The number of rotatable bonds is 9. The van der Waals surface area contributed by atoms with E-state index >= 15 is 0 Å². The molecule has 8 nitrogen and oxygen atoms in total. The molecule has 5 rings (SSSR count). The van der Waals surface area contributed by atoms with Gasteiger partial charge in [-0.15, -0.1) is 11.3 Å². The van der Waals surface area contributed by atoms with Gasteiger partial charge in [0, 0.05) is 49.3 Å². The number of amides is 2. The van der Waals surface area contributed by atoms with Crippen molar-refractivity contribution in [2.45, 2.75) is 25.4 Å². The van der Waals surface area contributed by atoms with Crippen molar-refractivity contribution in [1.82, 2.24) is 20.6 Å². The Balaban J connectivity index is 1.31. The van der Waals surface area contributed by atoms with Crippen LogP contribution in [0.25, 0.3) is 20.8 Å². The van der Waals surface area contributed by atoms with Gasteiger partial charge >= 0.3 is 6.03 Å². The molecule has 1 fully saturated rings. The van der Waals surface area contributed by atoms with E-state index < -0.39 is 5.82 Å². The van der Waals surface area contributed by atoms with Gasteiger partial charge in [-0.1, -0.05) is 6.07 Å². The Morgan fingerprint density at radius 2 is 2.03 bits per heavy atom. The van der Waals surface area contributed by atoms with Crippen molar-refractivity contribution in [3.05, 3.63) is 66.2 Å². The summed E-state index contributed by atoms with van der Waals surface area (Å²) in [6.07, 6.45) is 5.37. The van der Waals surface area contributed by atoms with Gasteiger partial charge in [0.1, 0.15) is 5.75 Å². The van der Waals surface area contributed by atoms with Crippen LogP contribution in [-0.4, -0.2) is 40.3 Å². The minimum Gasteiger partial charge on any atom is -0.453 e. The molecule has 0 saturated heterocycles. The second-order valence-corrected chi connectivity index (χ2v) is 9.26. The Labute approximate surface area is 205 Å². The Kier molecular flexibility index (Phi) is 6.84. The third-order valence-corrected chi connectivity index (χ3v) is 6.55. The number of halogens is 1. The van der Waals surface area contributed by atoms with Gasteiger partial charge in [0.2, 0.25) is 0 Å². The molecule has 4 aromatic rings. The number of aliphatic hydroxyl groups excluding tert-OH is 1. The highest BCUT2D eigenvalue weighted by atomic mass is 32.1. The summed E-state index contributed by atoms with van der Waals surface area (Å²) in [4.78, 5) is 21.8. The SMILES string of the molecule is O=C(Nc1ccc(Oc2ccnc3cc(-c4ccc(CNCCO)cn4)sc23)c(F)c1)NC1CC1. The molecular formula is C25H24FN5O3S. The zero-order chi connectivity index (χ0) is 24.2. The van der Waals surface area contributed by atoms with Gasteiger partial charge in [0.25, 0.3) is 0 Å². The summed E-state index contributed by atoms with van der Waals surface area (Å²) in [5.74, 6) is -0.0383. The number of nitrogens with one attached hydrogen (secondary N) is 3. The number of pyridine rings is 2. The van der Waals surface area contributed by atoms with Crippen molar-refractivity contribution in [1.29, 1.82) is 0 Å². The number of hydrogen-bond donors (Lipinski definition) is 4. The zero-order valence-electron chi connectivity index (χ0n) is 18.8. The number of nitrogens with zero attached hydrogens (tertiary/aromatic N) is 2. The van der Waals surface area contributed by atoms with Gasteiger partial charge in [-0.2, -0.15) is 0 Å². The van der Waals surface area contributed by atoms with Crippen LogP contribution in [0.3, 0.4) is 0 Å². The van der Waals surface area contributed by atoms with Gasteiger partial charge in [-0.3, -0.25) is 9.97 Å². The molecule has 35 heavy (non-hydrogen) atoms. The van der Waals surface area contributed by atoms with Crippen molar-refractivity contribution in [3.8, 4) is 22.1 Å². The highest BCUT2D eigenvalue weighted by Crippen LogP contribution is 2.39. The first-order chi connectivity index (χ1) is 17.1. The number of benzene rings is 1. The highest BCUT2D eigenvalue weighted by Gasteiger charge is 2.23. The van der Waals surface area contributed by atoms with Crippen LogP contribution >= 0.6 is 11.3 Å². The van der Waals surface area contributed by atoms with Gasteiger partial charge in [0.15, 0.2) is 11.6 Å². The fourth-order valence-electron chi connectivity index (χ4n) is 3.47. The number of hydrogen-bond acceptors (Lipinski definition) is 7. The van der Waals surface area contributed by atoms with Gasteiger partial charge in [0.05, 0.1) is 27.4 Å². The third kappa shape index (κ3) is 5.73. The highest BCUT2D eigenvalue weighted by molar-refractivity contribution is 7.22. The zero-order valence-corrected chi connectivity index (χ0v) is 19.6. The summed E-state index contributed by atoms with van der Waals surface area (Å²) in [6.45, 7) is 1.25. The Morgan fingerprint density at radius 1 is 1.14 bits per heavy atom. The lowest BCUT2D eigenvalue weighted by Crippen LogP contribution is -2.30. The van der Waals surface area contributed by atoms with Crippen LogP contribution in [0.1, 0.15) is 18.4 Å². The van der Waals surface area contributed by atoms with Crippen molar-refractivity contribution in [3.63, 3.8) is 0 Å².